The molecule has 0 bridgehead atoms. The van der Waals surface area contributed by atoms with Crippen LogP contribution in [0.25, 0.3) is 0 Å². The predicted octanol–water partition coefficient (Wildman–Crippen LogP) is 2.87. The number of alkyl halides is 3. The summed E-state index contributed by atoms with van der Waals surface area (Å²) in [5.41, 5.74) is 11.2. The van der Waals surface area contributed by atoms with Crippen molar-refractivity contribution < 1.29 is 13.2 Å². The highest BCUT2D eigenvalue weighted by Gasteiger charge is 2.30. The Hall–Kier alpha value is -0.780. The van der Waals surface area contributed by atoms with Gasteiger partial charge in [0.15, 0.2) is 0 Å². The first kappa shape index (κ1) is 16.2. The predicted molar refractivity (Wildman–Crippen MR) is 63.9 cm³/mol. The van der Waals surface area contributed by atoms with E-state index in [0.29, 0.717) is 18.5 Å². The third-order valence-corrected chi connectivity index (χ3v) is 2.39. The van der Waals surface area contributed by atoms with E-state index in [1.54, 1.807) is 0 Å². The average Bonchev–Trinajstić information content (AvgIpc) is 2.25. The van der Waals surface area contributed by atoms with E-state index < -0.39 is 11.7 Å². The standard InChI is InChI=1S/C11H15F3N2.ClH/c12-11(13,14)9-5-3-8(4-6-9)10(16)2-1-7-15;/h3-6,10H,1-2,7,15-16H2;1H/t10-;/m1./s1. The lowest BCUT2D eigenvalue weighted by atomic mass is 10.0. The van der Waals surface area contributed by atoms with Crippen LogP contribution in [0.2, 0.25) is 0 Å². The highest BCUT2D eigenvalue weighted by Crippen LogP contribution is 2.30. The van der Waals surface area contributed by atoms with Crippen molar-refractivity contribution in [3.05, 3.63) is 35.4 Å². The molecule has 1 atom stereocenters. The quantitative estimate of drug-likeness (QED) is 0.882. The van der Waals surface area contributed by atoms with Crippen LogP contribution in [0.1, 0.15) is 30.0 Å². The fraction of sp³-hybridized carbons (Fsp3) is 0.455. The van der Waals surface area contributed by atoms with Crippen LogP contribution >= 0.6 is 12.4 Å². The zero-order chi connectivity index (χ0) is 12.2. The number of halogens is 4. The molecule has 0 aliphatic rings. The number of nitrogens with two attached hydrogens (primary N) is 2. The van der Waals surface area contributed by atoms with Crippen molar-refractivity contribution in [2.45, 2.75) is 25.1 Å². The molecular weight excluding hydrogens is 253 g/mol. The highest BCUT2D eigenvalue weighted by atomic mass is 35.5. The summed E-state index contributed by atoms with van der Waals surface area (Å²) >= 11 is 0. The van der Waals surface area contributed by atoms with E-state index >= 15 is 0 Å². The molecule has 2 nitrogen and oxygen atoms in total. The smallest absolute Gasteiger partial charge is 0.330 e. The molecule has 0 radical (unpaired) electrons. The Bertz CT molecular complexity index is 324. The van der Waals surface area contributed by atoms with Crippen molar-refractivity contribution in [1.82, 2.24) is 0 Å². The summed E-state index contributed by atoms with van der Waals surface area (Å²) in [5, 5.41) is 0. The minimum Gasteiger partial charge on any atom is -0.330 e. The molecule has 0 saturated heterocycles. The molecule has 1 rings (SSSR count). The zero-order valence-corrected chi connectivity index (χ0v) is 10.0. The van der Waals surface area contributed by atoms with Crippen molar-refractivity contribution in [2.24, 2.45) is 11.5 Å². The summed E-state index contributed by atoms with van der Waals surface area (Å²) in [5.74, 6) is 0. The van der Waals surface area contributed by atoms with Crippen LogP contribution in [0.15, 0.2) is 24.3 Å². The SMILES string of the molecule is Cl.NCCC[C@@H](N)c1ccc(C(F)(F)F)cc1. The molecule has 0 aromatic heterocycles. The Morgan fingerprint density at radius 1 is 1.12 bits per heavy atom. The van der Waals surface area contributed by atoms with Crippen LogP contribution in [-0.4, -0.2) is 6.54 Å². The van der Waals surface area contributed by atoms with Crippen LogP contribution in [0.5, 0.6) is 0 Å². The summed E-state index contributed by atoms with van der Waals surface area (Å²) in [6.45, 7) is 0.536. The first-order chi connectivity index (χ1) is 7.45. The second-order valence-electron chi connectivity index (χ2n) is 3.66. The molecule has 0 aliphatic carbocycles. The van der Waals surface area contributed by atoms with E-state index in [0.717, 1.165) is 18.6 Å². The second-order valence-corrected chi connectivity index (χ2v) is 3.66. The normalized spacial score (nSPS) is 13.0. The molecule has 0 heterocycles. The maximum absolute atomic E-state index is 12.3. The Morgan fingerprint density at radius 2 is 1.65 bits per heavy atom. The maximum Gasteiger partial charge on any atom is 0.416 e. The maximum atomic E-state index is 12.3. The molecule has 1 aromatic carbocycles. The highest BCUT2D eigenvalue weighted by molar-refractivity contribution is 5.85. The Kier molecular flexibility index (Phi) is 6.52. The van der Waals surface area contributed by atoms with Gasteiger partial charge >= 0.3 is 6.18 Å². The third kappa shape index (κ3) is 4.93. The van der Waals surface area contributed by atoms with Crippen molar-refractivity contribution in [1.29, 1.82) is 0 Å². The number of benzene rings is 1. The van der Waals surface area contributed by atoms with E-state index in [4.69, 9.17) is 11.5 Å². The van der Waals surface area contributed by atoms with Crippen molar-refractivity contribution in [3.8, 4) is 0 Å². The average molecular weight is 269 g/mol. The second kappa shape index (κ2) is 6.83. The number of hydrogen-bond donors (Lipinski definition) is 2. The Morgan fingerprint density at radius 3 is 2.06 bits per heavy atom. The molecule has 17 heavy (non-hydrogen) atoms. The molecule has 0 unspecified atom stereocenters. The molecular formula is C11H16ClF3N2. The summed E-state index contributed by atoms with van der Waals surface area (Å²) in [6, 6.07) is 4.70. The van der Waals surface area contributed by atoms with Crippen LogP contribution < -0.4 is 11.5 Å². The van der Waals surface area contributed by atoms with E-state index in [9.17, 15) is 13.2 Å². The largest absolute Gasteiger partial charge is 0.416 e. The van der Waals surface area contributed by atoms with Gasteiger partial charge < -0.3 is 11.5 Å². The van der Waals surface area contributed by atoms with Crippen LogP contribution in [-0.2, 0) is 6.18 Å². The van der Waals surface area contributed by atoms with Crippen molar-refractivity contribution in [2.75, 3.05) is 6.54 Å². The summed E-state index contributed by atoms with van der Waals surface area (Å²) in [6.07, 6.45) is -2.84. The first-order valence-electron chi connectivity index (χ1n) is 5.08. The zero-order valence-electron chi connectivity index (χ0n) is 9.20. The van der Waals surface area contributed by atoms with Gasteiger partial charge in [0.1, 0.15) is 0 Å². The summed E-state index contributed by atoms with van der Waals surface area (Å²) in [4.78, 5) is 0. The third-order valence-electron chi connectivity index (χ3n) is 2.39. The molecule has 0 aliphatic heterocycles. The van der Waals surface area contributed by atoms with Gasteiger partial charge in [0.2, 0.25) is 0 Å². The van der Waals surface area contributed by atoms with Crippen LogP contribution in [0.3, 0.4) is 0 Å². The lowest BCUT2D eigenvalue weighted by molar-refractivity contribution is -0.137. The van der Waals surface area contributed by atoms with Gasteiger partial charge in [0.05, 0.1) is 5.56 Å². The molecule has 0 amide bonds. The lowest BCUT2D eigenvalue weighted by Crippen LogP contribution is -2.13. The molecule has 0 fully saturated rings. The fourth-order valence-corrected chi connectivity index (χ4v) is 1.42. The van der Waals surface area contributed by atoms with Crippen LogP contribution in [0, 0.1) is 0 Å². The molecule has 0 spiro atoms. The van der Waals surface area contributed by atoms with Gasteiger partial charge in [-0.15, -0.1) is 12.4 Å². The van der Waals surface area contributed by atoms with Gasteiger partial charge in [0, 0.05) is 6.04 Å². The molecule has 1 aromatic rings. The Labute approximate surface area is 105 Å². The van der Waals surface area contributed by atoms with E-state index in [1.165, 1.54) is 12.1 Å². The molecule has 6 heteroatoms. The molecule has 0 saturated carbocycles. The number of rotatable bonds is 4. The van der Waals surface area contributed by atoms with E-state index in [-0.39, 0.29) is 18.4 Å². The number of hydrogen-bond acceptors (Lipinski definition) is 2. The van der Waals surface area contributed by atoms with Crippen molar-refractivity contribution in [3.63, 3.8) is 0 Å². The van der Waals surface area contributed by atoms with E-state index in [1.807, 2.05) is 0 Å². The lowest BCUT2D eigenvalue weighted by Gasteiger charge is -2.13. The topological polar surface area (TPSA) is 52.0 Å². The fourth-order valence-electron chi connectivity index (χ4n) is 1.42. The van der Waals surface area contributed by atoms with E-state index in [2.05, 4.69) is 0 Å². The van der Waals surface area contributed by atoms with Gasteiger partial charge in [0.25, 0.3) is 0 Å². The van der Waals surface area contributed by atoms with Crippen LogP contribution in [0.4, 0.5) is 13.2 Å². The van der Waals surface area contributed by atoms with Gasteiger partial charge in [-0.1, -0.05) is 12.1 Å². The minimum atomic E-state index is -4.29. The van der Waals surface area contributed by atoms with Gasteiger partial charge in [-0.3, -0.25) is 0 Å². The van der Waals surface area contributed by atoms with Crippen molar-refractivity contribution >= 4 is 12.4 Å². The van der Waals surface area contributed by atoms with Gasteiger partial charge in [-0.25, -0.2) is 0 Å². The summed E-state index contributed by atoms with van der Waals surface area (Å²) in [7, 11) is 0. The first-order valence-corrected chi connectivity index (χ1v) is 5.08. The van der Waals surface area contributed by atoms with Gasteiger partial charge in [-0.2, -0.15) is 13.2 Å². The summed E-state index contributed by atoms with van der Waals surface area (Å²) < 4.78 is 36.8. The Balaban J connectivity index is 0.00000256. The monoisotopic (exact) mass is 268 g/mol. The van der Waals surface area contributed by atoms with Gasteiger partial charge in [-0.05, 0) is 37.1 Å². The molecule has 98 valence electrons. The minimum absolute atomic E-state index is 0. The molecule has 4 N–H and O–H groups in total.